The van der Waals surface area contributed by atoms with Gasteiger partial charge in [-0.15, -0.1) is 14.1 Å². The third kappa shape index (κ3) is 1.82. The Morgan fingerprint density at radius 3 is 2.32 bits per heavy atom. The maximum atomic E-state index is 10.9. The van der Waals surface area contributed by atoms with Crippen molar-refractivity contribution in [3.8, 4) is 23.2 Å². The summed E-state index contributed by atoms with van der Waals surface area (Å²) in [4.78, 5) is 1.90. The van der Waals surface area contributed by atoms with Crippen LogP contribution in [0.2, 0.25) is 0 Å². The Labute approximate surface area is 159 Å². The number of hydrogen-bond acceptors (Lipinski definition) is 3. The van der Waals surface area contributed by atoms with E-state index in [0.29, 0.717) is 23.2 Å². The quantitative estimate of drug-likeness (QED) is 0.453. The summed E-state index contributed by atoms with van der Waals surface area (Å²) in [6.45, 7) is 0.180. The smallest absolute Gasteiger partial charge is 0.201 e. The van der Waals surface area contributed by atoms with Crippen LogP contribution in [0.4, 0.5) is 0 Å². The van der Waals surface area contributed by atoms with Gasteiger partial charge in [0.05, 0.1) is 6.54 Å². The molecule has 0 bridgehead atoms. The van der Waals surface area contributed by atoms with Gasteiger partial charge in [0.1, 0.15) is 22.5 Å². The molecule has 3 aromatic heterocycles. The zero-order valence-corrected chi connectivity index (χ0v) is 14.9. The first kappa shape index (κ1) is 15.3. The molecule has 0 aliphatic heterocycles. The number of phenols is 1. The molecular weight excluding hydrogens is 356 g/mol. The first-order valence-corrected chi connectivity index (χ1v) is 9.26. The minimum Gasteiger partial charge on any atom is -0.505 e. The van der Waals surface area contributed by atoms with Gasteiger partial charge in [-0.25, -0.2) is 0 Å². The fraction of sp³-hybridized carbons (Fsp3) is 0.143. The highest BCUT2D eigenvalue weighted by molar-refractivity contribution is 5.79. The molecule has 7 nitrogen and oxygen atoms in total. The van der Waals surface area contributed by atoms with Gasteiger partial charge in [0, 0.05) is 16.7 Å². The van der Waals surface area contributed by atoms with Gasteiger partial charge in [0.2, 0.25) is 5.88 Å². The molecule has 140 valence electrons. The topological polar surface area (TPSA) is 79.4 Å². The van der Waals surface area contributed by atoms with E-state index < -0.39 is 0 Å². The summed E-state index contributed by atoms with van der Waals surface area (Å²) in [5.74, 6) is 0.220. The second kappa shape index (κ2) is 5.16. The van der Waals surface area contributed by atoms with Crippen LogP contribution in [0.25, 0.3) is 22.8 Å². The van der Waals surface area contributed by atoms with Gasteiger partial charge < -0.3 is 15.3 Å². The van der Waals surface area contributed by atoms with Crippen molar-refractivity contribution < 1.29 is 15.3 Å². The number of phenolic OH excluding ortho intramolecular Hbond substituents is 1. The Hall–Kier alpha value is -3.74. The second-order valence-electron chi connectivity index (χ2n) is 7.21. The van der Waals surface area contributed by atoms with Crippen molar-refractivity contribution in [3.63, 3.8) is 0 Å². The predicted molar refractivity (Wildman–Crippen MR) is 105 cm³/mol. The number of hydrogen-bond donors (Lipinski definition) is 3. The fourth-order valence-electron chi connectivity index (χ4n) is 4.20. The standard InChI is InChI=1S/C21H18N4O3/c26-19-13(12-22-20(27)14-7-1-2-8-15(14)21(22)28)6-5-11-18(19)25-23-16-9-3-4-10-17(16)24(23)25/h1,3-7,9-11,26-28H,2,8,12H2. The minimum atomic E-state index is 0.0277. The lowest BCUT2D eigenvalue weighted by Crippen LogP contribution is -2.01. The van der Waals surface area contributed by atoms with Crippen molar-refractivity contribution in [2.45, 2.75) is 19.4 Å². The molecule has 0 unspecified atom stereocenters. The van der Waals surface area contributed by atoms with E-state index >= 15 is 0 Å². The molecule has 0 saturated carbocycles. The molecule has 5 aromatic rings. The molecule has 6 rings (SSSR count). The molecule has 2 aromatic carbocycles. The molecule has 0 fully saturated rings. The third-order valence-electron chi connectivity index (χ3n) is 5.66. The van der Waals surface area contributed by atoms with Crippen molar-refractivity contribution in [1.29, 1.82) is 0 Å². The number of aromatic nitrogens is 4. The summed E-state index contributed by atoms with van der Waals surface area (Å²) in [5, 5.41) is 32.0. The number of benzene rings is 2. The Morgan fingerprint density at radius 2 is 1.61 bits per heavy atom. The van der Waals surface area contributed by atoms with E-state index in [9.17, 15) is 15.3 Å². The van der Waals surface area contributed by atoms with E-state index in [1.807, 2.05) is 62.6 Å². The number of para-hydroxylation sites is 3. The fourth-order valence-corrected chi connectivity index (χ4v) is 4.20. The first-order valence-electron chi connectivity index (χ1n) is 9.26. The van der Waals surface area contributed by atoms with Crippen LogP contribution in [0, 0.1) is 0 Å². The highest BCUT2D eigenvalue weighted by Crippen LogP contribution is 2.40. The zero-order chi connectivity index (χ0) is 19.0. The summed E-state index contributed by atoms with van der Waals surface area (Å²) in [6, 6.07) is 13.5. The molecule has 0 amide bonds. The van der Waals surface area contributed by atoms with E-state index in [-0.39, 0.29) is 24.1 Å². The van der Waals surface area contributed by atoms with Gasteiger partial charge >= 0.3 is 0 Å². The maximum absolute atomic E-state index is 10.9. The molecular formula is C21H18N4O3. The third-order valence-corrected chi connectivity index (χ3v) is 5.66. The lowest BCUT2D eigenvalue weighted by atomic mass is 10.0. The monoisotopic (exact) mass is 374 g/mol. The highest BCUT2D eigenvalue weighted by atomic mass is 16.3. The number of nitrogens with zero attached hydrogens (tertiary/aromatic N) is 4. The lowest BCUT2D eigenvalue weighted by molar-refractivity contribution is 0.372. The first-order chi connectivity index (χ1) is 13.7. The van der Waals surface area contributed by atoms with Crippen molar-refractivity contribution >= 4 is 17.1 Å². The normalized spacial score (nSPS) is 13.9. The van der Waals surface area contributed by atoms with E-state index in [1.54, 1.807) is 6.07 Å². The van der Waals surface area contributed by atoms with Crippen molar-refractivity contribution in [2.75, 3.05) is 0 Å². The van der Waals surface area contributed by atoms with Crippen molar-refractivity contribution in [3.05, 3.63) is 65.2 Å². The summed E-state index contributed by atoms with van der Waals surface area (Å²) >= 11 is 0. The van der Waals surface area contributed by atoms with E-state index in [2.05, 4.69) is 0 Å². The van der Waals surface area contributed by atoms with Crippen LogP contribution in [0.15, 0.2) is 48.5 Å². The van der Waals surface area contributed by atoms with Crippen LogP contribution in [0.3, 0.4) is 0 Å². The molecule has 0 saturated heterocycles. The van der Waals surface area contributed by atoms with Gasteiger partial charge in [-0.1, -0.05) is 36.4 Å². The zero-order valence-electron chi connectivity index (χ0n) is 14.9. The van der Waals surface area contributed by atoms with E-state index in [0.717, 1.165) is 23.0 Å². The van der Waals surface area contributed by atoms with Crippen LogP contribution in [0.5, 0.6) is 17.5 Å². The lowest BCUT2D eigenvalue weighted by Gasteiger charge is -2.10. The molecule has 0 radical (unpaired) electrons. The summed E-state index contributed by atoms with van der Waals surface area (Å²) in [6.07, 6.45) is 5.36. The maximum Gasteiger partial charge on any atom is 0.201 e. The second-order valence-corrected chi connectivity index (χ2v) is 7.21. The van der Waals surface area contributed by atoms with Gasteiger partial charge in [0.25, 0.3) is 0 Å². The highest BCUT2D eigenvalue weighted by Gasteiger charge is 2.27. The molecule has 3 N–H and O–H groups in total. The molecule has 1 aliphatic rings. The van der Waals surface area contributed by atoms with Crippen molar-refractivity contribution in [1.82, 2.24) is 18.6 Å². The number of rotatable bonds is 3. The van der Waals surface area contributed by atoms with E-state index in [4.69, 9.17) is 0 Å². The van der Waals surface area contributed by atoms with Crippen LogP contribution in [-0.4, -0.2) is 33.9 Å². The van der Waals surface area contributed by atoms with Gasteiger partial charge in [-0.2, -0.15) is 0 Å². The molecule has 1 aliphatic carbocycles. The van der Waals surface area contributed by atoms with Crippen molar-refractivity contribution in [2.24, 2.45) is 0 Å². The molecule has 0 atom stereocenters. The number of fused-ring (bicyclic) bond motifs is 5. The predicted octanol–water partition coefficient (Wildman–Crippen LogP) is 3.35. The van der Waals surface area contributed by atoms with Crippen LogP contribution in [0.1, 0.15) is 23.1 Å². The number of aromatic hydroxyl groups is 3. The van der Waals surface area contributed by atoms with Gasteiger partial charge in [-0.3, -0.25) is 4.57 Å². The molecule has 0 spiro atoms. The average molecular weight is 374 g/mol. The SMILES string of the molecule is Oc1c(Cn2c(O)c3c(c2O)CCC=C3)cccc1-n1n2c3ccccc3n12. The van der Waals surface area contributed by atoms with E-state index in [1.165, 1.54) is 4.57 Å². The van der Waals surface area contributed by atoms with Crippen LogP contribution < -0.4 is 0 Å². The Kier molecular flexibility index (Phi) is 2.83. The summed E-state index contributed by atoms with van der Waals surface area (Å²) in [5.41, 5.74) is 4.88. The van der Waals surface area contributed by atoms with Crippen LogP contribution in [-0.2, 0) is 13.0 Å². The summed E-state index contributed by atoms with van der Waals surface area (Å²) < 4.78 is 5.40. The molecule has 7 heteroatoms. The summed E-state index contributed by atoms with van der Waals surface area (Å²) in [7, 11) is 0. The number of allylic oxidation sites excluding steroid dienone is 1. The average Bonchev–Trinajstić information content (AvgIpc) is 3.32. The largest absolute Gasteiger partial charge is 0.505 e. The Balaban J connectivity index is 1.43. The van der Waals surface area contributed by atoms with Gasteiger partial charge in [-0.05, 0) is 31.0 Å². The van der Waals surface area contributed by atoms with Crippen LogP contribution >= 0.6 is 0 Å². The van der Waals surface area contributed by atoms with Gasteiger partial charge in [0.15, 0.2) is 5.88 Å². The Bertz CT molecular complexity index is 1340. The Morgan fingerprint density at radius 1 is 0.857 bits per heavy atom. The molecule has 3 heterocycles. The minimum absolute atomic E-state index is 0.0277. The molecule has 28 heavy (non-hydrogen) atoms.